The van der Waals surface area contributed by atoms with Gasteiger partial charge in [0.1, 0.15) is 0 Å². The van der Waals surface area contributed by atoms with Gasteiger partial charge in [-0.1, -0.05) is 18.2 Å². The van der Waals surface area contributed by atoms with Gasteiger partial charge in [-0.3, -0.25) is 0 Å². The first-order valence-electron chi connectivity index (χ1n) is 10.4. The number of ether oxygens (including phenoxy) is 4. The van der Waals surface area contributed by atoms with E-state index >= 15 is 0 Å². The molecule has 2 aromatic rings. The maximum Gasteiger partial charge on any atom is 0.416 e. The van der Waals surface area contributed by atoms with Crippen LogP contribution < -0.4 is 9.47 Å². The van der Waals surface area contributed by atoms with E-state index in [9.17, 15) is 22.8 Å². The van der Waals surface area contributed by atoms with Crippen molar-refractivity contribution in [2.75, 3.05) is 28.4 Å². The molecule has 0 saturated heterocycles. The Morgan fingerprint density at radius 2 is 1.37 bits per heavy atom. The lowest BCUT2D eigenvalue weighted by atomic mass is 9.83. The van der Waals surface area contributed by atoms with E-state index in [1.54, 1.807) is 23.1 Å². The highest BCUT2D eigenvalue weighted by Crippen LogP contribution is 2.39. The van der Waals surface area contributed by atoms with Crippen molar-refractivity contribution in [3.05, 3.63) is 82.7 Å². The van der Waals surface area contributed by atoms with Gasteiger partial charge in [0.25, 0.3) is 0 Å². The summed E-state index contributed by atoms with van der Waals surface area (Å²) in [6.45, 7) is 0.237. The number of hydrogen-bond acceptors (Lipinski definition) is 7. The Hall–Kier alpha value is -3.95. The minimum atomic E-state index is -4.52. The lowest BCUT2D eigenvalue weighted by molar-refractivity contribution is -0.138. The minimum Gasteiger partial charge on any atom is -0.493 e. The largest absolute Gasteiger partial charge is 0.493 e. The van der Waals surface area contributed by atoms with Crippen LogP contribution >= 0.6 is 0 Å². The standard InChI is InChI=1S/C25H24F3NO6/c1-32-20-10-5-15(11-21(20)33-2)12-29-13-18(23(30)34-3)22(19(14-29)24(31)35-4)16-6-8-17(9-7-16)25(26,27)28/h5-11,13-14,22H,12H2,1-4H3. The summed E-state index contributed by atoms with van der Waals surface area (Å²) in [5.41, 5.74) is 0.360. The maximum atomic E-state index is 13.0. The first kappa shape index (κ1) is 25.7. The number of hydrogen-bond donors (Lipinski definition) is 0. The molecule has 1 heterocycles. The number of alkyl halides is 3. The molecule has 0 saturated carbocycles. The van der Waals surface area contributed by atoms with Gasteiger partial charge >= 0.3 is 18.1 Å². The second kappa shape index (κ2) is 10.5. The number of carbonyl (C=O) groups excluding carboxylic acids is 2. The molecule has 0 atom stereocenters. The monoisotopic (exact) mass is 491 g/mol. The first-order chi connectivity index (χ1) is 16.6. The topological polar surface area (TPSA) is 74.3 Å². The fraction of sp³-hybridized carbons (Fsp3) is 0.280. The molecular formula is C25H24F3NO6. The Balaban J connectivity index is 2.05. The van der Waals surface area contributed by atoms with Gasteiger partial charge in [0, 0.05) is 18.9 Å². The van der Waals surface area contributed by atoms with Crippen LogP contribution in [0.2, 0.25) is 0 Å². The van der Waals surface area contributed by atoms with Crippen LogP contribution in [0.5, 0.6) is 11.5 Å². The predicted molar refractivity (Wildman–Crippen MR) is 119 cm³/mol. The number of carbonyl (C=O) groups is 2. The zero-order valence-electron chi connectivity index (χ0n) is 19.5. The highest BCUT2D eigenvalue weighted by atomic mass is 19.4. The molecule has 0 bridgehead atoms. The summed E-state index contributed by atoms with van der Waals surface area (Å²) in [5.74, 6) is -1.42. The fourth-order valence-electron chi connectivity index (χ4n) is 3.79. The van der Waals surface area contributed by atoms with E-state index in [0.717, 1.165) is 17.7 Å². The molecule has 0 radical (unpaired) electrons. The summed E-state index contributed by atoms with van der Waals surface area (Å²) >= 11 is 0. The smallest absolute Gasteiger partial charge is 0.416 e. The van der Waals surface area contributed by atoms with E-state index in [0.29, 0.717) is 17.1 Å². The van der Waals surface area contributed by atoms with Crippen LogP contribution in [-0.2, 0) is 31.8 Å². The van der Waals surface area contributed by atoms with Gasteiger partial charge < -0.3 is 23.8 Å². The van der Waals surface area contributed by atoms with Crippen molar-refractivity contribution in [3.63, 3.8) is 0 Å². The molecule has 0 aliphatic carbocycles. The third-order valence-corrected chi connectivity index (χ3v) is 5.46. The summed E-state index contributed by atoms with van der Waals surface area (Å²) in [7, 11) is 5.38. The molecule has 0 aromatic heterocycles. The van der Waals surface area contributed by atoms with Crippen LogP contribution in [0.15, 0.2) is 66.0 Å². The molecule has 7 nitrogen and oxygen atoms in total. The molecule has 0 fully saturated rings. The molecule has 10 heteroatoms. The van der Waals surface area contributed by atoms with E-state index in [1.165, 1.54) is 53.0 Å². The summed E-state index contributed by atoms with van der Waals surface area (Å²) in [6, 6.07) is 9.51. The van der Waals surface area contributed by atoms with Gasteiger partial charge in [0.15, 0.2) is 11.5 Å². The number of rotatable bonds is 7. The number of halogens is 3. The second-order valence-electron chi connectivity index (χ2n) is 7.57. The molecule has 0 amide bonds. The Morgan fingerprint density at radius 3 is 1.83 bits per heavy atom. The number of nitrogens with zero attached hydrogens (tertiary/aromatic N) is 1. The summed E-state index contributed by atoms with van der Waals surface area (Å²) in [6.07, 6.45) is -1.53. The van der Waals surface area contributed by atoms with Crippen LogP contribution in [0.3, 0.4) is 0 Å². The van der Waals surface area contributed by atoms with Crippen LogP contribution in [0.25, 0.3) is 0 Å². The zero-order valence-corrected chi connectivity index (χ0v) is 19.5. The van der Waals surface area contributed by atoms with Crippen LogP contribution in [0.1, 0.15) is 22.6 Å². The Morgan fingerprint density at radius 1 is 0.829 bits per heavy atom. The molecule has 0 unspecified atom stereocenters. The van der Waals surface area contributed by atoms with Crippen molar-refractivity contribution in [2.24, 2.45) is 0 Å². The molecular weight excluding hydrogens is 467 g/mol. The summed E-state index contributed by atoms with van der Waals surface area (Å²) in [5, 5.41) is 0. The van der Waals surface area contributed by atoms with Gasteiger partial charge in [0.05, 0.1) is 51.1 Å². The lowest BCUT2D eigenvalue weighted by Gasteiger charge is -2.30. The lowest BCUT2D eigenvalue weighted by Crippen LogP contribution is -2.28. The van der Waals surface area contributed by atoms with E-state index in [1.807, 2.05) is 0 Å². The van der Waals surface area contributed by atoms with Crippen molar-refractivity contribution >= 4 is 11.9 Å². The number of benzene rings is 2. The van der Waals surface area contributed by atoms with Crippen molar-refractivity contribution < 1.29 is 41.7 Å². The molecule has 186 valence electrons. The number of methoxy groups -OCH3 is 4. The Labute approximate surface area is 200 Å². The van der Waals surface area contributed by atoms with E-state index in [-0.39, 0.29) is 17.7 Å². The minimum absolute atomic E-state index is 0.0654. The third kappa shape index (κ3) is 5.59. The van der Waals surface area contributed by atoms with Crippen LogP contribution in [0.4, 0.5) is 13.2 Å². The molecule has 0 spiro atoms. The molecule has 35 heavy (non-hydrogen) atoms. The summed E-state index contributed by atoms with van der Waals surface area (Å²) in [4.78, 5) is 27.0. The molecule has 3 rings (SSSR count). The quantitative estimate of drug-likeness (QED) is 0.531. The maximum absolute atomic E-state index is 13.0. The number of esters is 2. The Kier molecular flexibility index (Phi) is 7.73. The molecule has 0 N–H and O–H groups in total. The second-order valence-corrected chi connectivity index (χ2v) is 7.57. The van der Waals surface area contributed by atoms with Gasteiger partial charge in [-0.05, 0) is 35.4 Å². The SMILES string of the molecule is COC(=O)C1=CN(Cc2ccc(OC)c(OC)c2)C=C(C(=O)OC)C1c1ccc(C(F)(F)F)cc1. The van der Waals surface area contributed by atoms with Gasteiger partial charge in [0.2, 0.25) is 0 Å². The van der Waals surface area contributed by atoms with Gasteiger partial charge in [-0.25, -0.2) is 9.59 Å². The normalized spacial score (nSPS) is 14.1. The molecule has 2 aromatic carbocycles. The van der Waals surface area contributed by atoms with E-state index < -0.39 is 29.6 Å². The average molecular weight is 491 g/mol. The fourth-order valence-corrected chi connectivity index (χ4v) is 3.79. The predicted octanol–water partition coefficient (Wildman–Crippen LogP) is 4.44. The van der Waals surface area contributed by atoms with Crippen molar-refractivity contribution in [2.45, 2.75) is 18.6 Å². The van der Waals surface area contributed by atoms with E-state index in [2.05, 4.69) is 0 Å². The first-order valence-corrected chi connectivity index (χ1v) is 10.4. The van der Waals surface area contributed by atoms with Crippen molar-refractivity contribution in [1.29, 1.82) is 0 Å². The van der Waals surface area contributed by atoms with E-state index in [4.69, 9.17) is 18.9 Å². The van der Waals surface area contributed by atoms with Crippen molar-refractivity contribution in [3.8, 4) is 11.5 Å². The van der Waals surface area contributed by atoms with Crippen LogP contribution in [0, 0.1) is 0 Å². The molecule has 1 aliphatic heterocycles. The third-order valence-electron chi connectivity index (χ3n) is 5.46. The van der Waals surface area contributed by atoms with Gasteiger partial charge in [-0.2, -0.15) is 13.2 Å². The zero-order chi connectivity index (χ0) is 25.8. The molecule has 1 aliphatic rings. The highest BCUT2D eigenvalue weighted by molar-refractivity contribution is 5.98. The highest BCUT2D eigenvalue weighted by Gasteiger charge is 2.36. The van der Waals surface area contributed by atoms with Crippen molar-refractivity contribution in [1.82, 2.24) is 4.90 Å². The van der Waals surface area contributed by atoms with Gasteiger partial charge in [-0.15, -0.1) is 0 Å². The Bertz CT molecular complexity index is 1120. The summed E-state index contributed by atoms with van der Waals surface area (Å²) < 4.78 is 59.5. The average Bonchev–Trinajstić information content (AvgIpc) is 2.86. The van der Waals surface area contributed by atoms with Crippen LogP contribution in [-0.4, -0.2) is 45.3 Å².